The Morgan fingerprint density at radius 1 is 1.21 bits per heavy atom. The minimum absolute atomic E-state index is 0.00820. The first kappa shape index (κ1) is 22.7. The van der Waals surface area contributed by atoms with Crippen LogP contribution in [0.3, 0.4) is 0 Å². The van der Waals surface area contributed by atoms with E-state index in [1.807, 2.05) is 18.7 Å². The number of anilines is 1. The van der Waals surface area contributed by atoms with Crippen LogP contribution in [-0.2, 0) is 4.74 Å². The molecule has 8 nitrogen and oxygen atoms in total. The molecule has 0 radical (unpaired) electrons. The normalized spacial score (nSPS) is 18.4. The highest BCUT2D eigenvalue weighted by Crippen LogP contribution is 2.26. The van der Waals surface area contributed by atoms with E-state index >= 15 is 4.39 Å². The van der Waals surface area contributed by atoms with Gasteiger partial charge < -0.3 is 24.3 Å². The second kappa shape index (κ2) is 9.19. The average Bonchev–Trinajstić information content (AvgIpc) is 2.79. The number of halogens is 1. The monoisotopic (exact) mass is 454 g/mol. The Kier molecular flexibility index (Phi) is 6.33. The number of methoxy groups -OCH3 is 1. The molecule has 33 heavy (non-hydrogen) atoms. The number of aromatic nitrogens is 2. The van der Waals surface area contributed by atoms with Crippen LogP contribution in [0.15, 0.2) is 41.3 Å². The van der Waals surface area contributed by atoms with Crippen molar-refractivity contribution in [3.05, 3.63) is 58.1 Å². The number of esters is 1. The van der Waals surface area contributed by atoms with Crippen molar-refractivity contribution < 1.29 is 18.7 Å². The largest absolute Gasteiger partial charge is 0.497 e. The van der Waals surface area contributed by atoms with Crippen LogP contribution in [0.1, 0.15) is 31.1 Å². The van der Waals surface area contributed by atoms with E-state index in [9.17, 15) is 9.59 Å². The van der Waals surface area contributed by atoms with Crippen LogP contribution in [0.4, 0.5) is 10.2 Å². The Labute approximate surface area is 190 Å². The van der Waals surface area contributed by atoms with Gasteiger partial charge in [-0.05, 0) is 51.1 Å². The van der Waals surface area contributed by atoms with Gasteiger partial charge >= 0.3 is 5.97 Å². The Hall–Kier alpha value is -3.46. The lowest BCUT2D eigenvalue weighted by atomic mass is 10.1. The van der Waals surface area contributed by atoms with Gasteiger partial charge in [0.05, 0.1) is 19.1 Å². The van der Waals surface area contributed by atoms with E-state index in [2.05, 4.69) is 10.3 Å². The van der Waals surface area contributed by atoms with Gasteiger partial charge in [0.1, 0.15) is 11.3 Å². The van der Waals surface area contributed by atoms with Gasteiger partial charge in [-0.15, -0.1) is 0 Å². The Morgan fingerprint density at radius 3 is 2.48 bits per heavy atom. The zero-order chi connectivity index (χ0) is 23.7. The lowest BCUT2D eigenvalue weighted by Gasteiger charge is -2.37. The third-order valence-electron chi connectivity index (χ3n) is 5.62. The third kappa shape index (κ3) is 4.41. The molecule has 2 aromatic heterocycles. The highest BCUT2D eigenvalue weighted by atomic mass is 19.1. The summed E-state index contributed by atoms with van der Waals surface area (Å²) in [6.45, 7) is 6.98. The van der Waals surface area contributed by atoms with E-state index in [-0.39, 0.29) is 41.1 Å². The van der Waals surface area contributed by atoms with Crippen molar-refractivity contribution in [1.29, 1.82) is 0 Å². The van der Waals surface area contributed by atoms with Crippen molar-refractivity contribution in [3.8, 4) is 11.4 Å². The van der Waals surface area contributed by atoms with Gasteiger partial charge in [0.25, 0.3) is 0 Å². The fraction of sp³-hybridized carbons (Fsp3) is 0.375. The molecule has 1 saturated heterocycles. The number of hydrogen-bond donors (Lipinski definition) is 1. The Morgan fingerprint density at radius 2 is 1.88 bits per heavy atom. The predicted molar refractivity (Wildman–Crippen MR) is 124 cm³/mol. The van der Waals surface area contributed by atoms with Gasteiger partial charge in [0.15, 0.2) is 17.3 Å². The van der Waals surface area contributed by atoms with Crippen LogP contribution >= 0.6 is 0 Å². The zero-order valence-electron chi connectivity index (χ0n) is 19.1. The zero-order valence-corrected chi connectivity index (χ0v) is 19.1. The highest BCUT2D eigenvalue weighted by Gasteiger charge is 2.26. The van der Waals surface area contributed by atoms with Crippen molar-refractivity contribution in [2.24, 2.45) is 0 Å². The summed E-state index contributed by atoms with van der Waals surface area (Å²) in [5.41, 5.74) is 0.0960. The summed E-state index contributed by atoms with van der Waals surface area (Å²) in [5, 5.41) is 3.42. The molecule has 0 bridgehead atoms. The van der Waals surface area contributed by atoms with Crippen molar-refractivity contribution >= 4 is 22.8 Å². The maximum absolute atomic E-state index is 15.2. The molecule has 0 saturated carbocycles. The molecule has 174 valence electrons. The van der Waals surface area contributed by atoms with Crippen LogP contribution < -0.4 is 20.4 Å². The van der Waals surface area contributed by atoms with Gasteiger partial charge in [0, 0.05) is 37.1 Å². The molecular weight excluding hydrogens is 427 g/mol. The number of hydrogen-bond acceptors (Lipinski definition) is 7. The van der Waals surface area contributed by atoms with Crippen LogP contribution in [0, 0.1) is 5.82 Å². The number of piperazine rings is 1. The minimum Gasteiger partial charge on any atom is -0.497 e. The molecule has 0 unspecified atom stereocenters. The van der Waals surface area contributed by atoms with E-state index in [1.54, 1.807) is 42.9 Å². The third-order valence-corrected chi connectivity index (χ3v) is 5.62. The van der Waals surface area contributed by atoms with Crippen molar-refractivity contribution in [2.45, 2.75) is 32.9 Å². The van der Waals surface area contributed by atoms with Crippen molar-refractivity contribution in [1.82, 2.24) is 14.9 Å². The summed E-state index contributed by atoms with van der Waals surface area (Å²) in [6.07, 6.45) is 1.40. The first-order chi connectivity index (χ1) is 15.8. The first-order valence-corrected chi connectivity index (χ1v) is 10.9. The molecule has 0 amide bonds. The molecule has 1 aromatic carbocycles. The van der Waals surface area contributed by atoms with E-state index in [4.69, 9.17) is 9.47 Å². The highest BCUT2D eigenvalue weighted by molar-refractivity contribution is 5.94. The number of rotatable bonds is 5. The fourth-order valence-corrected chi connectivity index (χ4v) is 4.23. The summed E-state index contributed by atoms with van der Waals surface area (Å²) in [4.78, 5) is 32.1. The Balaban J connectivity index is 1.95. The maximum atomic E-state index is 15.2. The molecule has 3 heterocycles. The van der Waals surface area contributed by atoms with Crippen LogP contribution in [0.5, 0.6) is 5.75 Å². The average molecular weight is 455 g/mol. The molecule has 0 aliphatic carbocycles. The van der Waals surface area contributed by atoms with Crippen molar-refractivity contribution in [2.75, 3.05) is 31.7 Å². The molecule has 1 fully saturated rings. The van der Waals surface area contributed by atoms with E-state index in [1.165, 1.54) is 12.3 Å². The summed E-state index contributed by atoms with van der Waals surface area (Å²) in [6, 6.07) is 8.54. The molecule has 1 N–H and O–H groups in total. The number of carbonyl (C=O) groups is 1. The second-order valence-corrected chi connectivity index (χ2v) is 8.20. The van der Waals surface area contributed by atoms with E-state index < -0.39 is 17.2 Å². The molecule has 3 aromatic rings. The van der Waals surface area contributed by atoms with Crippen LogP contribution in [0.2, 0.25) is 0 Å². The van der Waals surface area contributed by atoms with E-state index in [0.29, 0.717) is 24.5 Å². The lowest BCUT2D eigenvalue weighted by Crippen LogP contribution is -2.54. The SMILES string of the molecule is CCOC(=O)c1cn(-c2ccc(OC)cc2)c2nc(N3C[C@@H](C)N[C@@H](C)C3)c(F)cc2c1=O. The number of nitrogens with one attached hydrogen (secondary N) is 1. The predicted octanol–water partition coefficient (Wildman–Crippen LogP) is 2.90. The molecular formula is C24H27FN4O4. The first-order valence-electron chi connectivity index (χ1n) is 10.9. The minimum atomic E-state index is -0.763. The van der Waals surface area contributed by atoms with Gasteiger partial charge in [0.2, 0.25) is 5.43 Å². The number of ether oxygens (including phenoxy) is 2. The lowest BCUT2D eigenvalue weighted by molar-refractivity contribution is 0.0524. The maximum Gasteiger partial charge on any atom is 0.343 e. The van der Waals surface area contributed by atoms with Crippen LogP contribution in [-0.4, -0.2) is 54.4 Å². The van der Waals surface area contributed by atoms with Crippen molar-refractivity contribution in [3.63, 3.8) is 0 Å². The summed E-state index contributed by atoms with van der Waals surface area (Å²) < 4.78 is 27.1. The van der Waals surface area contributed by atoms with Gasteiger partial charge in [-0.2, -0.15) is 0 Å². The van der Waals surface area contributed by atoms with E-state index in [0.717, 1.165) is 0 Å². The molecule has 1 aliphatic heterocycles. The molecule has 4 rings (SSSR count). The smallest absolute Gasteiger partial charge is 0.343 e. The number of pyridine rings is 2. The standard InChI is InChI=1S/C24H27FN4O4/c1-5-33-24(31)19-13-29(16-6-8-17(32-4)9-7-16)22-18(21(19)30)10-20(25)23(27-22)28-11-14(2)26-15(3)12-28/h6-10,13-15,26H,5,11-12H2,1-4H3/t14-,15+. The quantitative estimate of drug-likeness (QED) is 0.594. The topological polar surface area (TPSA) is 85.7 Å². The fourth-order valence-electron chi connectivity index (χ4n) is 4.23. The number of benzene rings is 1. The molecule has 0 spiro atoms. The second-order valence-electron chi connectivity index (χ2n) is 8.20. The number of nitrogens with zero attached hydrogens (tertiary/aromatic N) is 3. The van der Waals surface area contributed by atoms with Gasteiger partial charge in [-0.3, -0.25) is 4.79 Å². The summed E-state index contributed by atoms with van der Waals surface area (Å²) in [7, 11) is 1.56. The number of fused-ring (bicyclic) bond motifs is 1. The molecule has 1 aliphatic rings. The Bertz CT molecular complexity index is 1230. The van der Waals surface area contributed by atoms with Gasteiger partial charge in [-0.25, -0.2) is 14.2 Å². The summed E-state index contributed by atoms with van der Waals surface area (Å²) >= 11 is 0. The number of carbonyl (C=O) groups excluding carboxylic acids is 1. The van der Waals surface area contributed by atoms with Gasteiger partial charge in [-0.1, -0.05) is 0 Å². The van der Waals surface area contributed by atoms with Crippen LogP contribution in [0.25, 0.3) is 16.7 Å². The molecule has 2 atom stereocenters. The summed E-state index contributed by atoms with van der Waals surface area (Å²) in [5.74, 6) is -0.546. The molecule has 9 heteroatoms.